The lowest BCUT2D eigenvalue weighted by Gasteiger charge is -2.18. The summed E-state index contributed by atoms with van der Waals surface area (Å²) in [6.45, 7) is 1.79. The Kier molecular flexibility index (Phi) is 3.78. The number of sulfonamides is 1. The van der Waals surface area contributed by atoms with Gasteiger partial charge in [0, 0.05) is 0 Å². The van der Waals surface area contributed by atoms with E-state index in [4.69, 9.17) is 11.6 Å². The lowest BCUT2D eigenvalue weighted by atomic mass is 10.1. The van der Waals surface area contributed by atoms with Gasteiger partial charge in [0.05, 0.1) is 16.3 Å². The van der Waals surface area contributed by atoms with Crippen LogP contribution in [-0.4, -0.2) is 13.8 Å². The number of halogens is 1. The van der Waals surface area contributed by atoms with Crippen LogP contribution in [0.2, 0.25) is 0 Å². The fourth-order valence-corrected chi connectivity index (χ4v) is 4.71. The summed E-state index contributed by atoms with van der Waals surface area (Å²) in [5.41, 5.74) is 2.80. The van der Waals surface area contributed by atoms with Crippen LogP contribution in [0.1, 0.15) is 22.7 Å². The molecule has 2 aromatic carbocycles. The van der Waals surface area contributed by atoms with Crippen LogP contribution in [0.5, 0.6) is 0 Å². The monoisotopic (exact) mass is 321 g/mol. The quantitative estimate of drug-likeness (QED) is 0.883. The molecule has 2 unspecified atom stereocenters. The second-order valence-electron chi connectivity index (χ2n) is 5.28. The molecule has 2 aromatic rings. The molecule has 3 nitrogen and oxygen atoms in total. The van der Waals surface area contributed by atoms with Gasteiger partial charge in [0.2, 0.25) is 10.0 Å². The second kappa shape index (κ2) is 5.44. The molecule has 21 heavy (non-hydrogen) atoms. The van der Waals surface area contributed by atoms with Crippen molar-refractivity contribution in [2.24, 2.45) is 0 Å². The fourth-order valence-electron chi connectivity index (χ4n) is 2.77. The van der Waals surface area contributed by atoms with Crippen LogP contribution in [-0.2, 0) is 16.4 Å². The van der Waals surface area contributed by atoms with Gasteiger partial charge in [0.25, 0.3) is 0 Å². The maximum absolute atomic E-state index is 12.6. The zero-order valence-corrected chi connectivity index (χ0v) is 13.2. The summed E-state index contributed by atoms with van der Waals surface area (Å²) in [7, 11) is -3.58. The summed E-state index contributed by atoms with van der Waals surface area (Å²) < 4.78 is 27.9. The largest absolute Gasteiger partial charge is 0.241 e. The Labute approximate surface area is 130 Å². The van der Waals surface area contributed by atoms with E-state index in [-0.39, 0.29) is 11.4 Å². The topological polar surface area (TPSA) is 46.2 Å². The number of rotatable bonds is 3. The molecule has 0 radical (unpaired) electrons. The molecular formula is C16H16ClNO2S. The first kappa shape index (κ1) is 14.6. The third kappa shape index (κ3) is 2.71. The lowest BCUT2D eigenvalue weighted by molar-refractivity contribution is 0.556. The van der Waals surface area contributed by atoms with Crippen molar-refractivity contribution >= 4 is 21.6 Å². The zero-order chi connectivity index (χ0) is 15.0. The van der Waals surface area contributed by atoms with Crippen LogP contribution in [0.3, 0.4) is 0 Å². The van der Waals surface area contributed by atoms with E-state index in [1.807, 2.05) is 30.3 Å². The molecule has 5 heteroatoms. The molecule has 110 valence electrons. The molecule has 0 saturated carbocycles. The van der Waals surface area contributed by atoms with Gasteiger partial charge >= 0.3 is 0 Å². The Balaban J connectivity index is 1.95. The number of benzene rings is 2. The minimum absolute atomic E-state index is 0.263. The zero-order valence-electron chi connectivity index (χ0n) is 11.6. The van der Waals surface area contributed by atoms with E-state index in [9.17, 15) is 8.42 Å². The number of hydrogen-bond acceptors (Lipinski definition) is 2. The molecule has 0 saturated heterocycles. The first-order chi connectivity index (χ1) is 9.99. The molecule has 0 spiro atoms. The third-order valence-corrected chi connectivity index (χ3v) is 5.84. The van der Waals surface area contributed by atoms with Gasteiger partial charge in [-0.15, -0.1) is 11.6 Å². The van der Waals surface area contributed by atoms with Gasteiger partial charge in [-0.05, 0) is 36.1 Å². The summed E-state index contributed by atoms with van der Waals surface area (Å²) in [5, 5.41) is -0.263. The van der Waals surface area contributed by atoms with Gasteiger partial charge in [-0.3, -0.25) is 0 Å². The highest BCUT2D eigenvalue weighted by Gasteiger charge is 2.34. The standard InChI is InChI=1S/C16H16ClNO2S/c1-11-6-2-5-9-15(11)21(19,20)18-16-13-8-4-3-7-12(13)10-14(16)17/h2-9,14,16,18H,10H2,1H3. The molecule has 0 amide bonds. The van der Waals surface area contributed by atoms with Crippen LogP contribution in [0.15, 0.2) is 53.4 Å². The van der Waals surface area contributed by atoms with E-state index in [0.29, 0.717) is 11.3 Å². The van der Waals surface area contributed by atoms with Crippen molar-refractivity contribution in [3.8, 4) is 0 Å². The highest BCUT2D eigenvalue weighted by molar-refractivity contribution is 7.89. The van der Waals surface area contributed by atoms with E-state index in [0.717, 1.165) is 16.7 Å². The van der Waals surface area contributed by atoms with Crippen LogP contribution >= 0.6 is 11.6 Å². The molecule has 1 aliphatic carbocycles. The lowest BCUT2D eigenvalue weighted by Crippen LogP contribution is -2.32. The second-order valence-corrected chi connectivity index (χ2v) is 7.53. The van der Waals surface area contributed by atoms with Crippen LogP contribution in [0.25, 0.3) is 0 Å². The predicted octanol–water partition coefficient (Wildman–Crippen LogP) is 3.18. The number of aryl methyl sites for hydroxylation is 1. The van der Waals surface area contributed by atoms with Crippen LogP contribution < -0.4 is 4.72 Å². The Morgan fingerprint density at radius 2 is 1.76 bits per heavy atom. The molecule has 2 atom stereocenters. The Morgan fingerprint density at radius 1 is 1.10 bits per heavy atom. The molecular weight excluding hydrogens is 306 g/mol. The average molecular weight is 322 g/mol. The van der Waals surface area contributed by atoms with Crippen molar-refractivity contribution < 1.29 is 8.42 Å². The molecule has 0 aromatic heterocycles. The third-order valence-electron chi connectivity index (χ3n) is 3.83. The van der Waals surface area contributed by atoms with Gasteiger partial charge < -0.3 is 0 Å². The van der Waals surface area contributed by atoms with E-state index >= 15 is 0 Å². The van der Waals surface area contributed by atoms with Gasteiger partial charge in [-0.1, -0.05) is 42.5 Å². The average Bonchev–Trinajstić information content (AvgIpc) is 2.75. The van der Waals surface area contributed by atoms with E-state index in [1.165, 1.54) is 0 Å². The predicted molar refractivity (Wildman–Crippen MR) is 84.0 cm³/mol. The highest BCUT2D eigenvalue weighted by atomic mass is 35.5. The molecule has 1 N–H and O–H groups in total. The van der Waals surface area contributed by atoms with Gasteiger partial charge in [-0.25, -0.2) is 13.1 Å². The van der Waals surface area contributed by atoms with Crippen molar-refractivity contribution in [1.29, 1.82) is 0 Å². The fraction of sp³-hybridized carbons (Fsp3) is 0.250. The Morgan fingerprint density at radius 3 is 2.52 bits per heavy atom. The molecule has 0 bridgehead atoms. The Bertz CT molecular complexity index is 773. The normalized spacial score (nSPS) is 21.2. The summed E-state index contributed by atoms with van der Waals surface area (Å²) in [5.74, 6) is 0. The molecule has 0 fully saturated rings. The first-order valence-corrected chi connectivity index (χ1v) is 8.71. The summed E-state index contributed by atoms with van der Waals surface area (Å²) in [4.78, 5) is 0.304. The van der Waals surface area contributed by atoms with Gasteiger partial charge in [0.1, 0.15) is 0 Å². The van der Waals surface area contributed by atoms with Crippen molar-refractivity contribution in [1.82, 2.24) is 4.72 Å². The SMILES string of the molecule is Cc1ccccc1S(=O)(=O)NC1c2ccccc2CC1Cl. The highest BCUT2D eigenvalue weighted by Crippen LogP contribution is 2.35. The summed E-state index contributed by atoms with van der Waals surface area (Å²) in [6, 6.07) is 14.3. The minimum Gasteiger partial charge on any atom is -0.207 e. The minimum atomic E-state index is -3.58. The van der Waals surface area contributed by atoms with Crippen molar-refractivity contribution in [2.75, 3.05) is 0 Å². The number of hydrogen-bond donors (Lipinski definition) is 1. The van der Waals surface area contributed by atoms with Crippen molar-refractivity contribution in [2.45, 2.75) is 29.7 Å². The molecule has 1 aliphatic rings. The van der Waals surface area contributed by atoms with E-state index in [1.54, 1.807) is 25.1 Å². The number of nitrogens with one attached hydrogen (secondary N) is 1. The van der Waals surface area contributed by atoms with Gasteiger partial charge in [0.15, 0.2) is 0 Å². The van der Waals surface area contributed by atoms with Crippen molar-refractivity contribution in [3.63, 3.8) is 0 Å². The van der Waals surface area contributed by atoms with Crippen LogP contribution in [0.4, 0.5) is 0 Å². The molecule has 0 heterocycles. The van der Waals surface area contributed by atoms with E-state index < -0.39 is 10.0 Å². The summed E-state index contributed by atoms with van der Waals surface area (Å²) in [6.07, 6.45) is 0.679. The maximum atomic E-state index is 12.6. The first-order valence-electron chi connectivity index (χ1n) is 6.79. The van der Waals surface area contributed by atoms with Crippen LogP contribution in [0, 0.1) is 6.92 Å². The molecule has 3 rings (SSSR count). The molecule has 0 aliphatic heterocycles. The number of alkyl halides is 1. The summed E-state index contributed by atoms with van der Waals surface area (Å²) >= 11 is 6.35. The number of fused-ring (bicyclic) bond motifs is 1. The van der Waals surface area contributed by atoms with Crippen molar-refractivity contribution in [3.05, 3.63) is 65.2 Å². The van der Waals surface area contributed by atoms with Gasteiger partial charge in [-0.2, -0.15) is 0 Å². The Hall–Kier alpha value is -1.36. The smallest absolute Gasteiger partial charge is 0.207 e. The van der Waals surface area contributed by atoms with E-state index in [2.05, 4.69) is 4.72 Å². The maximum Gasteiger partial charge on any atom is 0.241 e.